The highest BCUT2D eigenvalue weighted by Gasteiger charge is 2.41. The van der Waals surface area contributed by atoms with Gasteiger partial charge < -0.3 is 14.2 Å². The number of benzene rings is 3. The summed E-state index contributed by atoms with van der Waals surface area (Å²) in [4.78, 5) is 0. The monoisotopic (exact) mass is 542 g/mol. The molecule has 0 atom stereocenters. The molecule has 3 rings (SSSR count). The fraction of sp³-hybridized carbons (Fsp3) is 0.250. The fourth-order valence-corrected chi connectivity index (χ4v) is 3.26. The number of halogens is 10. The van der Waals surface area contributed by atoms with Crippen LogP contribution < -0.4 is 14.2 Å². The van der Waals surface area contributed by atoms with Crippen LogP contribution in [0.5, 0.6) is 17.2 Å². The van der Waals surface area contributed by atoms with Gasteiger partial charge in [-0.15, -0.1) is 0 Å². The van der Waals surface area contributed by atoms with Crippen LogP contribution >= 0.6 is 0 Å². The zero-order valence-electron chi connectivity index (χ0n) is 18.6. The van der Waals surface area contributed by atoms with Crippen molar-refractivity contribution >= 4 is 0 Å². The van der Waals surface area contributed by atoms with Crippen molar-refractivity contribution in [3.8, 4) is 17.2 Å². The zero-order chi connectivity index (χ0) is 27.5. The van der Waals surface area contributed by atoms with Crippen molar-refractivity contribution in [2.24, 2.45) is 0 Å². The van der Waals surface area contributed by atoms with E-state index in [-0.39, 0.29) is 24.1 Å². The molecule has 3 nitrogen and oxygen atoms in total. The summed E-state index contributed by atoms with van der Waals surface area (Å²) >= 11 is 0. The second kappa shape index (κ2) is 10.8. The van der Waals surface area contributed by atoms with Crippen LogP contribution in [0.25, 0.3) is 0 Å². The van der Waals surface area contributed by atoms with E-state index in [0.29, 0.717) is 30.7 Å². The lowest BCUT2D eigenvalue weighted by atomic mass is 10.1. The SMILES string of the molecule is CCCc1cc(F)c(C(F)(F)Oc2ccc(C(F)(F)Oc3cc(F)c(OC(F)F)c(F)c3)cc2)c(F)c1. The Hall–Kier alpha value is -3.64. The maximum Gasteiger partial charge on any atom is 0.432 e. The lowest BCUT2D eigenvalue weighted by Crippen LogP contribution is -2.26. The van der Waals surface area contributed by atoms with Crippen molar-refractivity contribution in [3.05, 3.63) is 88.5 Å². The predicted molar refractivity (Wildman–Crippen MR) is 109 cm³/mol. The molecule has 3 aromatic rings. The van der Waals surface area contributed by atoms with Crippen molar-refractivity contribution in [2.45, 2.75) is 38.6 Å². The molecule has 0 aliphatic carbocycles. The van der Waals surface area contributed by atoms with Gasteiger partial charge in [0, 0.05) is 12.1 Å². The number of ether oxygens (including phenoxy) is 3. The van der Waals surface area contributed by atoms with Crippen molar-refractivity contribution in [3.63, 3.8) is 0 Å². The van der Waals surface area contributed by atoms with Gasteiger partial charge in [0.15, 0.2) is 17.4 Å². The highest BCUT2D eigenvalue weighted by molar-refractivity contribution is 5.37. The molecule has 13 heteroatoms. The van der Waals surface area contributed by atoms with Crippen molar-refractivity contribution < 1.29 is 58.1 Å². The number of alkyl halides is 6. The molecule has 0 heterocycles. The van der Waals surface area contributed by atoms with E-state index in [4.69, 9.17) is 0 Å². The minimum Gasteiger partial charge on any atom is -0.429 e. The third-order valence-electron chi connectivity index (χ3n) is 4.79. The van der Waals surface area contributed by atoms with Crippen LogP contribution in [0.4, 0.5) is 43.9 Å². The highest BCUT2D eigenvalue weighted by Crippen LogP contribution is 2.38. The Labute approximate surface area is 203 Å². The minimum atomic E-state index is -4.52. The van der Waals surface area contributed by atoms with E-state index in [1.165, 1.54) is 0 Å². The molecule has 0 bridgehead atoms. The van der Waals surface area contributed by atoms with E-state index in [1.807, 2.05) is 0 Å². The van der Waals surface area contributed by atoms with Gasteiger partial charge >= 0.3 is 18.8 Å². The van der Waals surface area contributed by atoms with Gasteiger partial charge in [0.05, 0.1) is 5.56 Å². The Kier molecular flexibility index (Phi) is 8.13. The Morgan fingerprint density at radius 2 is 1.22 bits per heavy atom. The van der Waals surface area contributed by atoms with Gasteiger partial charge in [-0.3, -0.25) is 0 Å². The number of rotatable bonds is 10. The van der Waals surface area contributed by atoms with Crippen LogP contribution in [-0.2, 0) is 18.6 Å². The second-order valence-electron chi connectivity index (χ2n) is 7.54. The molecule has 0 aliphatic rings. The number of hydrogen-bond donors (Lipinski definition) is 0. The summed E-state index contributed by atoms with van der Waals surface area (Å²) in [6, 6.07) is 4.12. The molecule has 0 saturated carbocycles. The van der Waals surface area contributed by atoms with Crippen LogP contribution in [-0.4, -0.2) is 6.61 Å². The summed E-state index contributed by atoms with van der Waals surface area (Å²) in [6.45, 7) is -1.86. The van der Waals surface area contributed by atoms with Crippen molar-refractivity contribution in [2.75, 3.05) is 0 Å². The summed E-state index contributed by atoms with van der Waals surface area (Å²) in [6.07, 6.45) is -8.06. The number of hydrogen-bond acceptors (Lipinski definition) is 3. The number of aryl methyl sites for hydroxylation is 1. The third kappa shape index (κ3) is 6.57. The summed E-state index contributed by atoms with van der Waals surface area (Å²) in [5.41, 5.74) is -2.52. The van der Waals surface area contributed by atoms with Gasteiger partial charge in [0.2, 0.25) is 0 Å². The normalized spacial score (nSPS) is 12.1. The lowest BCUT2D eigenvalue weighted by Gasteiger charge is -2.21. The van der Waals surface area contributed by atoms with Gasteiger partial charge in [-0.1, -0.05) is 13.3 Å². The van der Waals surface area contributed by atoms with Gasteiger partial charge in [-0.2, -0.15) is 26.3 Å². The maximum atomic E-state index is 14.5. The Morgan fingerprint density at radius 3 is 1.70 bits per heavy atom. The Bertz CT molecular complexity index is 1200. The summed E-state index contributed by atoms with van der Waals surface area (Å²) < 4.78 is 150. The molecule has 37 heavy (non-hydrogen) atoms. The summed E-state index contributed by atoms with van der Waals surface area (Å²) in [7, 11) is 0. The van der Waals surface area contributed by atoms with E-state index in [1.54, 1.807) is 6.92 Å². The van der Waals surface area contributed by atoms with Crippen LogP contribution in [0.15, 0.2) is 48.5 Å². The molecule has 0 N–H and O–H groups in total. The first kappa shape index (κ1) is 27.9. The van der Waals surface area contributed by atoms with E-state index in [2.05, 4.69) is 14.2 Å². The smallest absolute Gasteiger partial charge is 0.429 e. The summed E-state index contributed by atoms with van der Waals surface area (Å²) in [5.74, 6) is -10.00. The molecule has 0 aromatic heterocycles. The van der Waals surface area contributed by atoms with Crippen LogP contribution in [0.1, 0.15) is 30.0 Å². The highest BCUT2D eigenvalue weighted by atomic mass is 19.3. The topological polar surface area (TPSA) is 27.7 Å². The first-order valence-corrected chi connectivity index (χ1v) is 10.4. The molecule has 3 aromatic carbocycles. The molecule has 0 spiro atoms. The quantitative estimate of drug-likeness (QED) is 0.243. The Balaban J connectivity index is 1.78. The van der Waals surface area contributed by atoms with E-state index in [0.717, 1.165) is 12.1 Å². The molecule has 0 saturated heterocycles. The van der Waals surface area contributed by atoms with E-state index < -0.39 is 70.5 Å². The molecule has 200 valence electrons. The third-order valence-corrected chi connectivity index (χ3v) is 4.79. The predicted octanol–water partition coefficient (Wildman–Crippen LogP) is 8.05. The zero-order valence-corrected chi connectivity index (χ0v) is 18.6. The van der Waals surface area contributed by atoms with Gasteiger partial charge in [-0.25, -0.2) is 17.6 Å². The first-order valence-electron chi connectivity index (χ1n) is 10.4. The average Bonchev–Trinajstić information content (AvgIpc) is 2.75. The van der Waals surface area contributed by atoms with Crippen LogP contribution in [0.3, 0.4) is 0 Å². The molecule has 0 radical (unpaired) electrons. The van der Waals surface area contributed by atoms with Crippen molar-refractivity contribution in [1.82, 2.24) is 0 Å². The lowest BCUT2D eigenvalue weighted by molar-refractivity contribution is -0.190. The van der Waals surface area contributed by atoms with Gasteiger partial charge in [0.1, 0.15) is 28.7 Å². The van der Waals surface area contributed by atoms with Crippen LogP contribution in [0, 0.1) is 23.3 Å². The van der Waals surface area contributed by atoms with Gasteiger partial charge in [0.25, 0.3) is 0 Å². The van der Waals surface area contributed by atoms with E-state index >= 15 is 0 Å². The second-order valence-corrected chi connectivity index (χ2v) is 7.54. The minimum absolute atomic E-state index is 0.152. The first-order chi connectivity index (χ1) is 17.2. The largest absolute Gasteiger partial charge is 0.432 e. The molecule has 0 amide bonds. The van der Waals surface area contributed by atoms with Crippen molar-refractivity contribution in [1.29, 1.82) is 0 Å². The molecular weight excluding hydrogens is 526 g/mol. The van der Waals surface area contributed by atoms with E-state index in [9.17, 15) is 43.9 Å². The molecular formula is C24H16F10O3. The average molecular weight is 542 g/mol. The standard InChI is InChI=1S/C24H16F10O3/c1-2-3-12-8-16(25)20(17(26)9-12)24(33,34)36-14-6-4-13(5-7-14)23(31,32)37-15-10-18(27)21(19(28)11-15)35-22(29)30/h4-11,22H,2-3H2,1H3. The Morgan fingerprint density at radius 1 is 0.703 bits per heavy atom. The summed E-state index contributed by atoms with van der Waals surface area (Å²) in [5, 5.41) is 0. The van der Waals surface area contributed by atoms with Crippen LogP contribution in [0.2, 0.25) is 0 Å². The molecule has 0 fully saturated rings. The molecule has 0 aliphatic heterocycles. The van der Waals surface area contributed by atoms with Gasteiger partial charge in [-0.05, 0) is 48.4 Å². The molecule has 0 unspecified atom stereocenters. The maximum absolute atomic E-state index is 14.5. The fourth-order valence-electron chi connectivity index (χ4n) is 3.26.